The SMILES string of the molecule is CCCCC[C@@H](O)CCC[C@@H](CCCCCCC(=O)O)SCCO. The molecule has 4 nitrogen and oxygen atoms in total. The van der Waals surface area contributed by atoms with Crippen LogP contribution in [0, 0.1) is 0 Å². The standard InChI is InChI=1S/C19H38O4S/c1-2-3-6-10-17(21)11-9-13-18(24-16-15-20)12-7-4-5-8-14-19(22)23/h17-18,20-21H,2-16H2,1H3,(H,22,23)/t17-,18-/m1/s1. The molecule has 3 N–H and O–H groups in total. The highest BCUT2D eigenvalue weighted by Crippen LogP contribution is 2.24. The minimum atomic E-state index is -0.705. The van der Waals surface area contributed by atoms with Crippen molar-refractivity contribution in [2.24, 2.45) is 0 Å². The number of aliphatic hydroxyl groups excluding tert-OH is 2. The fraction of sp³-hybridized carbons (Fsp3) is 0.947. The van der Waals surface area contributed by atoms with Crippen molar-refractivity contribution < 1.29 is 20.1 Å². The van der Waals surface area contributed by atoms with Gasteiger partial charge >= 0.3 is 5.97 Å². The van der Waals surface area contributed by atoms with Crippen LogP contribution in [0.4, 0.5) is 0 Å². The summed E-state index contributed by atoms with van der Waals surface area (Å²) >= 11 is 1.84. The van der Waals surface area contributed by atoms with Crippen molar-refractivity contribution in [2.75, 3.05) is 12.4 Å². The number of aliphatic carboxylic acids is 1. The Kier molecular flexibility index (Phi) is 17.4. The molecule has 0 saturated heterocycles. The van der Waals surface area contributed by atoms with Crippen molar-refractivity contribution in [3.8, 4) is 0 Å². The number of rotatable bonds is 18. The first-order valence-corrected chi connectivity index (χ1v) is 10.8. The number of carboxylic acids is 1. The summed E-state index contributed by atoms with van der Waals surface area (Å²) in [6.45, 7) is 2.40. The summed E-state index contributed by atoms with van der Waals surface area (Å²) in [5.74, 6) is 0.0757. The highest BCUT2D eigenvalue weighted by molar-refractivity contribution is 7.99. The third-order valence-corrected chi connectivity index (χ3v) is 5.68. The van der Waals surface area contributed by atoms with Gasteiger partial charge in [0.05, 0.1) is 12.7 Å². The molecule has 144 valence electrons. The van der Waals surface area contributed by atoms with Crippen LogP contribution in [0.1, 0.15) is 90.4 Å². The lowest BCUT2D eigenvalue weighted by Crippen LogP contribution is -2.10. The lowest BCUT2D eigenvalue weighted by Gasteiger charge is -2.17. The minimum absolute atomic E-state index is 0.156. The van der Waals surface area contributed by atoms with Gasteiger partial charge in [-0.05, 0) is 38.5 Å². The zero-order valence-electron chi connectivity index (χ0n) is 15.4. The molecule has 0 bridgehead atoms. The van der Waals surface area contributed by atoms with Gasteiger partial charge in [0.15, 0.2) is 0 Å². The molecule has 0 aromatic rings. The number of aliphatic hydroxyl groups is 2. The molecule has 0 saturated carbocycles. The summed E-state index contributed by atoms with van der Waals surface area (Å²) < 4.78 is 0. The van der Waals surface area contributed by atoms with Crippen molar-refractivity contribution >= 4 is 17.7 Å². The third-order valence-electron chi connectivity index (χ3n) is 4.32. The summed E-state index contributed by atoms with van der Waals surface area (Å²) in [7, 11) is 0. The minimum Gasteiger partial charge on any atom is -0.481 e. The zero-order valence-corrected chi connectivity index (χ0v) is 16.2. The molecule has 0 radical (unpaired) electrons. The Hall–Kier alpha value is -0.260. The van der Waals surface area contributed by atoms with Gasteiger partial charge in [0, 0.05) is 17.4 Å². The Labute approximate surface area is 152 Å². The zero-order chi connectivity index (χ0) is 18.0. The van der Waals surface area contributed by atoms with Crippen molar-refractivity contribution in [3.63, 3.8) is 0 Å². The molecule has 0 unspecified atom stereocenters. The van der Waals surface area contributed by atoms with E-state index in [0.29, 0.717) is 5.25 Å². The van der Waals surface area contributed by atoms with Crippen molar-refractivity contribution in [3.05, 3.63) is 0 Å². The smallest absolute Gasteiger partial charge is 0.303 e. The van der Waals surface area contributed by atoms with Crippen molar-refractivity contribution in [1.29, 1.82) is 0 Å². The fourth-order valence-electron chi connectivity index (χ4n) is 2.89. The van der Waals surface area contributed by atoms with Gasteiger partial charge in [0.2, 0.25) is 0 Å². The Morgan fingerprint density at radius 3 is 2.21 bits per heavy atom. The first-order valence-electron chi connectivity index (χ1n) is 9.72. The van der Waals surface area contributed by atoms with Crippen molar-refractivity contribution in [1.82, 2.24) is 0 Å². The van der Waals surface area contributed by atoms with E-state index in [4.69, 9.17) is 10.2 Å². The summed E-state index contributed by atoms with van der Waals surface area (Å²) in [5.41, 5.74) is 0. The summed E-state index contributed by atoms with van der Waals surface area (Å²) in [6.07, 6.45) is 12.7. The van der Waals surface area contributed by atoms with E-state index in [1.807, 2.05) is 11.8 Å². The predicted molar refractivity (Wildman–Crippen MR) is 103 cm³/mol. The van der Waals surface area contributed by atoms with Gasteiger partial charge in [-0.2, -0.15) is 11.8 Å². The second kappa shape index (κ2) is 17.6. The van der Waals surface area contributed by atoms with Gasteiger partial charge < -0.3 is 15.3 Å². The van der Waals surface area contributed by atoms with Crippen LogP contribution in [0.5, 0.6) is 0 Å². The lowest BCUT2D eigenvalue weighted by atomic mass is 10.0. The Bertz CT molecular complexity index is 287. The van der Waals surface area contributed by atoms with E-state index in [0.717, 1.165) is 70.0 Å². The number of hydrogen-bond acceptors (Lipinski definition) is 4. The van der Waals surface area contributed by atoms with Crippen LogP contribution >= 0.6 is 11.8 Å². The highest BCUT2D eigenvalue weighted by Gasteiger charge is 2.11. The molecule has 0 aromatic carbocycles. The van der Waals surface area contributed by atoms with Gasteiger partial charge in [0.1, 0.15) is 0 Å². The third kappa shape index (κ3) is 16.6. The maximum Gasteiger partial charge on any atom is 0.303 e. The molecule has 24 heavy (non-hydrogen) atoms. The van der Waals surface area contributed by atoms with Crippen LogP contribution in [0.25, 0.3) is 0 Å². The lowest BCUT2D eigenvalue weighted by molar-refractivity contribution is -0.137. The van der Waals surface area contributed by atoms with Crippen LogP contribution in [-0.4, -0.2) is 45.0 Å². The quantitative estimate of drug-likeness (QED) is 0.310. The molecule has 0 fully saturated rings. The average molecular weight is 363 g/mol. The molecule has 0 aliphatic carbocycles. The van der Waals surface area contributed by atoms with Crippen LogP contribution in [0.2, 0.25) is 0 Å². The van der Waals surface area contributed by atoms with E-state index in [1.54, 1.807) is 0 Å². The second-order valence-corrected chi connectivity index (χ2v) is 8.05. The summed E-state index contributed by atoms with van der Waals surface area (Å²) in [4.78, 5) is 10.5. The number of unbranched alkanes of at least 4 members (excludes halogenated alkanes) is 5. The Morgan fingerprint density at radius 1 is 0.917 bits per heavy atom. The van der Waals surface area contributed by atoms with Crippen molar-refractivity contribution in [2.45, 2.75) is 102 Å². The first-order chi connectivity index (χ1) is 11.6. The van der Waals surface area contributed by atoms with Gasteiger partial charge in [-0.25, -0.2) is 0 Å². The van der Waals surface area contributed by atoms with Gasteiger partial charge in [0.25, 0.3) is 0 Å². The molecule has 5 heteroatoms. The molecule has 0 aliphatic heterocycles. The van der Waals surface area contributed by atoms with E-state index in [1.165, 1.54) is 12.8 Å². The van der Waals surface area contributed by atoms with Crippen LogP contribution < -0.4 is 0 Å². The first kappa shape index (κ1) is 23.7. The Morgan fingerprint density at radius 2 is 1.54 bits per heavy atom. The number of thioether (sulfide) groups is 1. The normalized spacial score (nSPS) is 13.8. The molecular formula is C19H38O4S. The Balaban J connectivity index is 3.77. The van der Waals surface area contributed by atoms with Gasteiger partial charge in [-0.1, -0.05) is 45.4 Å². The maximum atomic E-state index is 10.5. The number of carbonyl (C=O) groups is 1. The summed E-state index contributed by atoms with van der Waals surface area (Å²) in [5, 5.41) is 28.2. The number of carboxylic acid groups (broad SMARTS) is 1. The summed E-state index contributed by atoms with van der Waals surface area (Å²) in [6, 6.07) is 0. The molecule has 2 atom stereocenters. The van der Waals surface area contributed by atoms with Crippen LogP contribution in [-0.2, 0) is 4.79 Å². The topological polar surface area (TPSA) is 77.8 Å². The fourth-order valence-corrected chi connectivity index (χ4v) is 3.99. The molecule has 0 rings (SSSR count). The van der Waals surface area contributed by atoms with E-state index >= 15 is 0 Å². The highest BCUT2D eigenvalue weighted by atomic mass is 32.2. The maximum absolute atomic E-state index is 10.5. The van der Waals surface area contributed by atoms with Gasteiger partial charge in [-0.15, -0.1) is 0 Å². The molecule has 0 amide bonds. The van der Waals surface area contributed by atoms with E-state index in [-0.39, 0.29) is 19.1 Å². The molecule has 0 aromatic heterocycles. The largest absolute Gasteiger partial charge is 0.481 e. The molecule has 0 heterocycles. The van der Waals surface area contributed by atoms with E-state index < -0.39 is 5.97 Å². The van der Waals surface area contributed by atoms with E-state index in [9.17, 15) is 9.90 Å². The number of hydrogen-bond donors (Lipinski definition) is 3. The molecule has 0 aliphatic rings. The van der Waals surface area contributed by atoms with Gasteiger partial charge in [-0.3, -0.25) is 4.79 Å². The monoisotopic (exact) mass is 362 g/mol. The average Bonchev–Trinajstić information content (AvgIpc) is 2.55. The van der Waals surface area contributed by atoms with E-state index in [2.05, 4.69) is 6.92 Å². The predicted octanol–water partition coefficient (Wildman–Crippen LogP) is 4.62. The van der Waals surface area contributed by atoms with Crippen LogP contribution in [0.15, 0.2) is 0 Å². The second-order valence-electron chi connectivity index (χ2n) is 6.64. The van der Waals surface area contributed by atoms with Crippen LogP contribution in [0.3, 0.4) is 0 Å². The molecule has 0 spiro atoms. The molecular weight excluding hydrogens is 324 g/mol.